The lowest BCUT2D eigenvalue weighted by molar-refractivity contribution is 0.401. The van der Waals surface area contributed by atoms with Crippen molar-refractivity contribution in [3.05, 3.63) is 0 Å². The summed E-state index contributed by atoms with van der Waals surface area (Å²) in [6.45, 7) is 22.6. The molecule has 0 amide bonds. The zero-order valence-corrected chi connectivity index (χ0v) is 21.3. The number of nitrogens with two attached hydrogens (primary N) is 2. The van der Waals surface area contributed by atoms with Crippen molar-refractivity contribution in [3.8, 4) is 0 Å². The van der Waals surface area contributed by atoms with Crippen molar-refractivity contribution in [1.82, 2.24) is 9.13 Å². The molecule has 0 saturated heterocycles. The Kier molecular flexibility index (Phi) is 27.7. The van der Waals surface area contributed by atoms with Crippen molar-refractivity contribution >= 4 is 27.8 Å². The topological polar surface area (TPSA) is 58.5 Å². The van der Waals surface area contributed by atoms with Gasteiger partial charge in [0.2, 0.25) is 0 Å². The molecular weight excluding hydrogens is 332 g/mol. The highest BCUT2D eigenvalue weighted by Gasteiger charge is 2.04. The summed E-state index contributed by atoms with van der Waals surface area (Å²) in [7, 11) is -1.42. The third kappa shape index (κ3) is 22.5. The lowest BCUT2D eigenvalue weighted by atomic mass is 10.7. The second-order valence-corrected chi connectivity index (χ2v) is 14.3. The van der Waals surface area contributed by atoms with Gasteiger partial charge in [0.05, 0.1) is 0 Å². The van der Waals surface area contributed by atoms with Crippen LogP contribution in [0.25, 0.3) is 0 Å². The van der Waals surface area contributed by atoms with Gasteiger partial charge in [0, 0.05) is 0 Å². The fourth-order valence-electron chi connectivity index (χ4n) is 1.71. The first-order valence-electron chi connectivity index (χ1n) is 9.85. The molecule has 0 aliphatic carbocycles. The van der Waals surface area contributed by atoms with E-state index < -0.39 is 17.9 Å². The molecule has 4 nitrogen and oxygen atoms in total. The maximum atomic E-state index is 5.61. The Labute approximate surface area is 153 Å². The van der Waals surface area contributed by atoms with Crippen LogP contribution in [-0.2, 0) is 0 Å². The zero-order chi connectivity index (χ0) is 18.7. The number of rotatable bonds is 10. The second-order valence-electron chi connectivity index (χ2n) is 5.90. The average Bonchev–Trinajstić information content (AvgIpc) is 2.62. The molecule has 0 saturated carbocycles. The summed E-state index contributed by atoms with van der Waals surface area (Å²) in [5, 5.41) is 11.2. The van der Waals surface area contributed by atoms with Crippen LogP contribution in [0.1, 0.15) is 55.4 Å². The van der Waals surface area contributed by atoms with E-state index >= 15 is 0 Å². The molecule has 0 aliphatic heterocycles. The van der Waals surface area contributed by atoms with Crippen LogP contribution in [-0.4, -0.2) is 63.1 Å². The minimum Gasteiger partial charge on any atom is -0.353 e. The summed E-state index contributed by atoms with van der Waals surface area (Å²) < 4.78 is 5.15. The number of hydrogen-bond acceptors (Lipinski definition) is 4. The Morgan fingerprint density at radius 3 is 0.870 bits per heavy atom. The van der Waals surface area contributed by atoms with Gasteiger partial charge >= 0.3 is 0 Å². The first-order chi connectivity index (χ1) is 10.9. The van der Waals surface area contributed by atoms with Crippen molar-refractivity contribution in [2.24, 2.45) is 10.8 Å². The van der Waals surface area contributed by atoms with Gasteiger partial charge in [-0.3, -0.25) is 0 Å². The van der Waals surface area contributed by atoms with Gasteiger partial charge in [-0.2, -0.15) is 0 Å². The minimum atomic E-state index is -0.660. The van der Waals surface area contributed by atoms with Gasteiger partial charge in [0.1, 0.15) is 17.9 Å². The lowest BCUT2D eigenvalue weighted by Gasteiger charge is -2.26. The van der Waals surface area contributed by atoms with Gasteiger partial charge in [-0.15, -0.1) is 0 Å². The highest BCUT2D eigenvalue weighted by Crippen LogP contribution is 1.90. The second kappa shape index (κ2) is 22.5. The summed E-state index contributed by atoms with van der Waals surface area (Å²) >= 11 is 0. The normalized spacial score (nSPS) is 10.7. The molecule has 0 bridgehead atoms. The largest absolute Gasteiger partial charge is 0.353 e. The molecule has 0 radical (unpaired) electrons. The Morgan fingerprint density at radius 1 is 0.565 bits per heavy atom. The molecule has 0 spiro atoms. The van der Waals surface area contributed by atoms with Gasteiger partial charge in [0.15, 0.2) is 9.84 Å². The Bertz CT molecular complexity index is 176. The van der Waals surface area contributed by atoms with Gasteiger partial charge in [-0.05, 0) is 26.2 Å². The van der Waals surface area contributed by atoms with Gasteiger partial charge in [0.25, 0.3) is 0 Å². The van der Waals surface area contributed by atoms with Crippen LogP contribution in [0, 0.1) is 0 Å². The minimum absolute atomic E-state index is 0.0941. The SMILES string of the molecule is CCN(CC)[SiH2]N(CC)CC.CC[SiH](N)CC.CC[SiH](N)CC. The molecule has 144 valence electrons. The zero-order valence-electron chi connectivity index (χ0n) is 17.6. The van der Waals surface area contributed by atoms with Crippen LogP contribution in [0.2, 0.25) is 24.2 Å². The van der Waals surface area contributed by atoms with Crippen molar-refractivity contribution in [2.75, 3.05) is 26.2 Å². The lowest BCUT2D eigenvalue weighted by Crippen LogP contribution is -2.41. The summed E-state index contributed by atoms with van der Waals surface area (Å²) in [6, 6.07) is 4.99. The molecule has 0 atom stereocenters. The Balaban J connectivity index is -0.000000284. The van der Waals surface area contributed by atoms with E-state index in [9.17, 15) is 0 Å². The molecule has 7 heteroatoms. The van der Waals surface area contributed by atoms with Gasteiger partial charge in [-0.1, -0.05) is 79.6 Å². The molecule has 0 heterocycles. The predicted octanol–water partition coefficient (Wildman–Crippen LogP) is 2.09. The van der Waals surface area contributed by atoms with E-state index in [1.807, 2.05) is 0 Å². The fourth-order valence-corrected chi connectivity index (χ4v) is 4.23. The van der Waals surface area contributed by atoms with Crippen LogP contribution in [0.4, 0.5) is 0 Å². The van der Waals surface area contributed by atoms with E-state index in [1.54, 1.807) is 0 Å². The third-order valence-corrected chi connectivity index (χ3v) is 11.1. The number of hydrogen-bond donors (Lipinski definition) is 2. The summed E-state index contributed by atoms with van der Waals surface area (Å²) in [5.41, 5.74) is 0. The van der Waals surface area contributed by atoms with Crippen molar-refractivity contribution in [3.63, 3.8) is 0 Å². The highest BCUT2D eigenvalue weighted by molar-refractivity contribution is 6.55. The molecule has 0 aromatic heterocycles. The van der Waals surface area contributed by atoms with Crippen LogP contribution in [0.15, 0.2) is 0 Å². The van der Waals surface area contributed by atoms with E-state index in [4.69, 9.17) is 10.8 Å². The van der Waals surface area contributed by atoms with Crippen molar-refractivity contribution < 1.29 is 0 Å². The summed E-state index contributed by atoms with van der Waals surface area (Å²) in [4.78, 5) is 0. The van der Waals surface area contributed by atoms with Crippen LogP contribution in [0.5, 0.6) is 0 Å². The molecule has 0 rings (SSSR count). The highest BCUT2D eigenvalue weighted by atomic mass is 28.3. The number of nitrogens with zero attached hydrogens (tertiary/aromatic N) is 2. The first kappa shape index (κ1) is 28.3. The maximum Gasteiger partial charge on any atom is 0.172 e. The molecule has 0 aromatic rings. The Morgan fingerprint density at radius 2 is 0.783 bits per heavy atom. The third-order valence-electron chi connectivity index (χ3n) is 4.29. The molecule has 0 unspecified atom stereocenters. The Hall–Kier alpha value is 0.491. The molecule has 0 aliphatic rings. The van der Waals surface area contributed by atoms with E-state index in [1.165, 1.54) is 50.4 Å². The van der Waals surface area contributed by atoms with Gasteiger partial charge in [-0.25, -0.2) is 0 Å². The standard InChI is InChI=1S/C8H22N2Si.2C4H13NSi/c1-5-9(6-2)11-10(7-3)8-4;2*1-3-6(5)4-2/h5-8,11H2,1-4H3;2*6H,3-5H2,1-2H3. The quantitative estimate of drug-likeness (QED) is 0.570. The summed E-state index contributed by atoms with van der Waals surface area (Å²) in [6.07, 6.45) is 0. The molecular formula is C16H48N4Si3. The van der Waals surface area contributed by atoms with Crippen LogP contribution < -0.4 is 10.8 Å². The maximum absolute atomic E-state index is 5.61. The average molecular weight is 381 g/mol. The fraction of sp³-hybridized carbons (Fsp3) is 1.00. The van der Waals surface area contributed by atoms with Gasteiger partial charge < -0.3 is 19.9 Å². The predicted molar refractivity (Wildman–Crippen MR) is 119 cm³/mol. The van der Waals surface area contributed by atoms with Crippen LogP contribution in [0.3, 0.4) is 0 Å². The van der Waals surface area contributed by atoms with Crippen molar-refractivity contribution in [1.29, 1.82) is 0 Å². The van der Waals surface area contributed by atoms with E-state index in [-0.39, 0.29) is 9.84 Å². The smallest absolute Gasteiger partial charge is 0.172 e. The molecule has 23 heavy (non-hydrogen) atoms. The van der Waals surface area contributed by atoms with Crippen molar-refractivity contribution in [2.45, 2.75) is 79.6 Å². The monoisotopic (exact) mass is 380 g/mol. The van der Waals surface area contributed by atoms with E-state index in [0.29, 0.717) is 0 Å². The van der Waals surface area contributed by atoms with E-state index in [0.717, 1.165) is 0 Å². The molecule has 4 N–H and O–H groups in total. The first-order valence-corrected chi connectivity index (χ1v) is 15.7. The van der Waals surface area contributed by atoms with Crippen LogP contribution >= 0.6 is 0 Å². The van der Waals surface area contributed by atoms with E-state index in [2.05, 4.69) is 64.5 Å². The summed E-state index contributed by atoms with van der Waals surface area (Å²) in [5.74, 6) is 0. The molecule has 0 aromatic carbocycles. The molecule has 0 fully saturated rings.